The van der Waals surface area contributed by atoms with Gasteiger partial charge in [-0.1, -0.05) is 5.21 Å². The summed E-state index contributed by atoms with van der Waals surface area (Å²) in [4.78, 5) is 36.3. The SMILES string of the molecule is COc1cc(C(F)(F)F)c(C(=O)Nc2cc(-n3cc(C(=O)NC4CCN(C)CC4)nn3)c(F)cc2N2C[C@@H](C)N(C)[C@@H](C)C2)cn1. The fourth-order valence-corrected chi connectivity index (χ4v) is 5.74. The van der Waals surface area contributed by atoms with Crippen LogP contribution in [0.4, 0.5) is 28.9 Å². The lowest BCUT2D eigenvalue weighted by Gasteiger charge is -2.44. The number of amides is 2. The van der Waals surface area contributed by atoms with E-state index in [1.54, 1.807) is 0 Å². The molecule has 2 aliphatic rings. The van der Waals surface area contributed by atoms with Crippen molar-refractivity contribution < 1.29 is 31.9 Å². The smallest absolute Gasteiger partial charge is 0.417 e. The molecule has 5 rings (SSSR count). The molecule has 1 aromatic carbocycles. The van der Waals surface area contributed by atoms with Gasteiger partial charge in [-0.3, -0.25) is 14.5 Å². The van der Waals surface area contributed by atoms with Gasteiger partial charge in [0, 0.05) is 49.5 Å². The first-order chi connectivity index (χ1) is 21.7. The fourth-order valence-electron chi connectivity index (χ4n) is 5.74. The van der Waals surface area contributed by atoms with Crippen LogP contribution in [0, 0.1) is 5.82 Å². The van der Waals surface area contributed by atoms with Crippen LogP contribution in [0.2, 0.25) is 0 Å². The van der Waals surface area contributed by atoms with E-state index in [-0.39, 0.29) is 46.8 Å². The molecular weight excluding hydrogens is 610 g/mol. The van der Waals surface area contributed by atoms with Crippen LogP contribution in [0.25, 0.3) is 5.69 Å². The number of piperazine rings is 1. The third-order valence-electron chi connectivity index (χ3n) is 8.68. The van der Waals surface area contributed by atoms with Gasteiger partial charge < -0.3 is 25.2 Å². The monoisotopic (exact) mass is 647 g/mol. The van der Waals surface area contributed by atoms with E-state index in [0.717, 1.165) is 36.8 Å². The number of carbonyl (C=O) groups excluding carboxylic acids is 2. The molecule has 0 aliphatic carbocycles. The lowest BCUT2D eigenvalue weighted by atomic mass is 10.1. The lowest BCUT2D eigenvalue weighted by molar-refractivity contribution is -0.138. The van der Waals surface area contributed by atoms with E-state index in [4.69, 9.17) is 4.74 Å². The zero-order chi connectivity index (χ0) is 33.3. The number of halogens is 4. The zero-order valence-electron chi connectivity index (χ0n) is 26.2. The number of ether oxygens (including phenoxy) is 1. The number of hydrogen-bond donors (Lipinski definition) is 2. The first kappa shape index (κ1) is 33.1. The van der Waals surface area contributed by atoms with Crippen molar-refractivity contribution in [1.82, 2.24) is 35.1 Å². The van der Waals surface area contributed by atoms with Crippen LogP contribution < -0.4 is 20.3 Å². The topological polar surface area (TPSA) is 121 Å². The molecule has 0 spiro atoms. The van der Waals surface area contributed by atoms with Crippen LogP contribution in [0.5, 0.6) is 5.88 Å². The molecule has 2 N–H and O–H groups in total. The molecule has 46 heavy (non-hydrogen) atoms. The Morgan fingerprint density at radius 1 is 1.00 bits per heavy atom. The number of likely N-dealkylation sites (N-methyl/N-ethyl adjacent to an activating group) is 1. The van der Waals surface area contributed by atoms with Crippen LogP contribution in [0.15, 0.2) is 30.6 Å². The van der Waals surface area contributed by atoms with Gasteiger partial charge in [0.05, 0.1) is 35.8 Å². The molecule has 2 aromatic heterocycles. The summed E-state index contributed by atoms with van der Waals surface area (Å²) >= 11 is 0. The number of nitrogens with zero attached hydrogens (tertiary/aromatic N) is 7. The van der Waals surface area contributed by atoms with Crippen molar-refractivity contribution >= 4 is 23.2 Å². The molecule has 2 fully saturated rings. The molecule has 12 nitrogen and oxygen atoms in total. The number of alkyl halides is 3. The van der Waals surface area contributed by atoms with Crippen LogP contribution >= 0.6 is 0 Å². The maximum absolute atomic E-state index is 15.8. The molecule has 2 amide bonds. The van der Waals surface area contributed by atoms with E-state index >= 15 is 4.39 Å². The number of methoxy groups -OCH3 is 1. The Labute approximate surface area is 263 Å². The third kappa shape index (κ3) is 7.07. The molecule has 2 aliphatic heterocycles. The van der Waals surface area contributed by atoms with Gasteiger partial charge in [0.2, 0.25) is 5.88 Å². The first-order valence-electron chi connectivity index (χ1n) is 14.9. The summed E-state index contributed by atoms with van der Waals surface area (Å²) in [5.74, 6) is -2.61. The Bertz CT molecular complexity index is 1580. The van der Waals surface area contributed by atoms with Crippen molar-refractivity contribution in [3.8, 4) is 11.6 Å². The molecule has 0 saturated carbocycles. The molecule has 4 heterocycles. The molecule has 0 radical (unpaired) electrons. The summed E-state index contributed by atoms with van der Waals surface area (Å²) in [5, 5.41) is 13.4. The van der Waals surface area contributed by atoms with Crippen LogP contribution in [-0.2, 0) is 6.18 Å². The minimum atomic E-state index is -4.88. The molecule has 3 aromatic rings. The van der Waals surface area contributed by atoms with Gasteiger partial charge in [-0.15, -0.1) is 5.10 Å². The molecule has 248 valence electrons. The number of pyridine rings is 1. The molecule has 16 heteroatoms. The number of hydrogen-bond acceptors (Lipinski definition) is 9. The number of likely N-dealkylation sites (tertiary alicyclic amines) is 1. The lowest BCUT2D eigenvalue weighted by Crippen LogP contribution is -2.55. The quantitative estimate of drug-likeness (QED) is 0.372. The third-order valence-corrected chi connectivity index (χ3v) is 8.68. The molecule has 0 bridgehead atoms. The van der Waals surface area contributed by atoms with Crippen molar-refractivity contribution in [1.29, 1.82) is 0 Å². The summed E-state index contributed by atoms with van der Waals surface area (Å²) < 4.78 is 63.5. The van der Waals surface area contributed by atoms with E-state index in [2.05, 4.69) is 35.7 Å². The van der Waals surface area contributed by atoms with E-state index in [1.807, 2.05) is 32.8 Å². The molecule has 2 saturated heterocycles. The maximum atomic E-state index is 15.8. The van der Waals surface area contributed by atoms with E-state index in [0.29, 0.717) is 19.2 Å². The summed E-state index contributed by atoms with van der Waals surface area (Å²) in [7, 11) is 5.15. The van der Waals surface area contributed by atoms with E-state index < -0.39 is 34.9 Å². The summed E-state index contributed by atoms with van der Waals surface area (Å²) in [6.45, 7) is 6.60. The highest BCUT2D eigenvalue weighted by Gasteiger charge is 2.37. The van der Waals surface area contributed by atoms with Crippen molar-refractivity contribution in [3.05, 3.63) is 53.2 Å². The van der Waals surface area contributed by atoms with Gasteiger partial charge in [-0.05, 0) is 59.9 Å². The largest absolute Gasteiger partial charge is 0.481 e. The predicted molar refractivity (Wildman–Crippen MR) is 162 cm³/mol. The number of aromatic nitrogens is 4. The Balaban J connectivity index is 1.50. The summed E-state index contributed by atoms with van der Waals surface area (Å²) in [6, 6.07) is 3.19. The number of nitrogens with one attached hydrogen (secondary N) is 2. The minimum absolute atomic E-state index is 0.0333. The minimum Gasteiger partial charge on any atom is -0.481 e. The number of rotatable bonds is 7. The number of anilines is 2. The normalized spacial score (nSPS) is 20.1. The van der Waals surface area contributed by atoms with Gasteiger partial charge in [0.1, 0.15) is 5.69 Å². The Hall–Kier alpha value is -4.31. The standard InChI is InChI=1S/C30H37F4N9O3/c1-17-14-42(15-18(2)41(17)4)26-11-22(31)25(43-16-24(38-39-43)29(45)36-19-6-8-40(3)9-7-19)12-23(26)37-28(44)20-13-35-27(46-5)10-21(20)30(32,33)34/h10-13,16-19H,6-9,14-15H2,1-5H3,(H,36,45)(H,37,44)/t17-,18+. The van der Waals surface area contributed by atoms with E-state index in [9.17, 15) is 22.8 Å². The van der Waals surface area contributed by atoms with Gasteiger partial charge in [-0.2, -0.15) is 13.2 Å². The van der Waals surface area contributed by atoms with Crippen molar-refractivity contribution in [3.63, 3.8) is 0 Å². The van der Waals surface area contributed by atoms with Crippen molar-refractivity contribution in [2.75, 3.05) is 57.6 Å². The molecule has 2 atom stereocenters. The fraction of sp³-hybridized carbons (Fsp3) is 0.500. The van der Waals surface area contributed by atoms with Crippen molar-refractivity contribution in [2.24, 2.45) is 0 Å². The average Bonchev–Trinajstić information content (AvgIpc) is 3.51. The van der Waals surface area contributed by atoms with Crippen LogP contribution in [0.1, 0.15) is 53.1 Å². The van der Waals surface area contributed by atoms with Gasteiger partial charge in [-0.25, -0.2) is 14.1 Å². The number of benzene rings is 1. The highest BCUT2D eigenvalue weighted by molar-refractivity contribution is 6.07. The molecule has 0 unspecified atom stereocenters. The summed E-state index contributed by atoms with van der Waals surface area (Å²) in [5.41, 5.74) is -1.85. The highest BCUT2D eigenvalue weighted by atomic mass is 19.4. The Kier molecular flexibility index (Phi) is 9.49. The molecular formula is C30H37F4N9O3. The predicted octanol–water partition coefficient (Wildman–Crippen LogP) is 3.43. The van der Waals surface area contributed by atoms with Crippen LogP contribution in [-0.4, -0.2) is 107 Å². The first-order valence-corrected chi connectivity index (χ1v) is 14.9. The second-order valence-electron chi connectivity index (χ2n) is 11.9. The Morgan fingerprint density at radius 2 is 1.67 bits per heavy atom. The van der Waals surface area contributed by atoms with E-state index in [1.165, 1.54) is 25.4 Å². The average molecular weight is 648 g/mol. The summed E-state index contributed by atoms with van der Waals surface area (Å²) in [6.07, 6.45) is -1.28. The van der Waals surface area contributed by atoms with Gasteiger partial charge in [0.15, 0.2) is 11.5 Å². The number of piperidine rings is 1. The van der Waals surface area contributed by atoms with Crippen molar-refractivity contribution in [2.45, 2.75) is 51.0 Å². The van der Waals surface area contributed by atoms with Gasteiger partial charge in [0.25, 0.3) is 11.8 Å². The Morgan fingerprint density at radius 3 is 2.30 bits per heavy atom. The number of carbonyl (C=O) groups is 2. The van der Waals surface area contributed by atoms with Crippen LogP contribution in [0.3, 0.4) is 0 Å². The highest BCUT2D eigenvalue weighted by Crippen LogP contribution is 2.36. The second kappa shape index (κ2) is 13.2. The maximum Gasteiger partial charge on any atom is 0.417 e. The second-order valence-corrected chi connectivity index (χ2v) is 11.9. The van der Waals surface area contributed by atoms with Gasteiger partial charge >= 0.3 is 6.18 Å². The zero-order valence-corrected chi connectivity index (χ0v) is 26.2.